The summed E-state index contributed by atoms with van der Waals surface area (Å²) in [6, 6.07) is 45.6. The Morgan fingerprint density at radius 1 is 0.527 bits per heavy atom. The summed E-state index contributed by atoms with van der Waals surface area (Å²) >= 11 is 0. The van der Waals surface area contributed by atoms with Crippen LogP contribution in [-0.2, 0) is 10.8 Å². The Morgan fingerprint density at radius 2 is 1.22 bits per heavy atom. The molecule has 5 nitrogen and oxygen atoms in total. The molecule has 2 aromatic heterocycles. The zero-order valence-corrected chi connectivity index (χ0v) is 33.7. The summed E-state index contributed by atoms with van der Waals surface area (Å²) in [4.78, 5) is 9.68. The molecule has 278 valence electrons. The van der Waals surface area contributed by atoms with Crippen molar-refractivity contribution in [1.29, 1.82) is 0 Å². The number of hydrogen-bond acceptors (Lipinski definition) is 4. The molecular weight excluding hydrogens is 673 g/mol. The minimum Gasteiger partial charge on any atom is -0.457 e. The largest absolute Gasteiger partial charge is 0.457 e. The molecule has 0 unspecified atom stereocenters. The second kappa shape index (κ2) is 13.5. The SMILES string of the molecule is CC(C)(C)C1=CN(c2ccc(C(C)(C)C)cc2)CN1c1cc(Oc2ccc3c4ccccc4n(-c4cc(C(C)(C)C)ccn4)c3c2)cc(-c2ccccc2)c1. The van der Waals surface area contributed by atoms with Gasteiger partial charge in [0.25, 0.3) is 0 Å². The Balaban J connectivity index is 1.21. The van der Waals surface area contributed by atoms with E-state index >= 15 is 0 Å². The molecule has 0 saturated carbocycles. The van der Waals surface area contributed by atoms with Gasteiger partial charge < -0.3 is 14.5 Å². The Bertz CT molecular complexity index is 2540. The van der Waals surface area contributed by atoms with E-state index in [4.69, 9.17) is 9.72 Å². The lowest BCUT2D eigenvalue weighted by Crippen LogP contribution is -2.30. The minimum absolute atomic E-state index is 0.00248. The Hall–Kier alpha value is -5.81. The average Bonchev–Trinajstić information content (AvgIpc) is 3.75. The van der Waals surface area contributed by atoms with Gasteiger partial charge in [-0.25, -0.2) is 4.98 Å². The minimum atomic E-state index is -0.0966. The lowest BCUT2D eigenvalue weighted by atomic mass is 9.87. The zero-order chi connectivity index (χ0) is 38.7. The summed E-state index contributed by atoms with van der Waals surface area (Å²) in [5.41, 5.74) is 10.5. The first-order valence-corrected chi connectivity index (χ1v) is 19.4. The fraction of sp³-hybridized carbons (Fsp3) is 0.260. The van der Waals surface area contributed by atoms with Gasteiger partial charge in [0, 0.05) is 57.8 Å². The molecule has 7 aromatic rings. The summed E-state index contributed by atoms with van der Waals surface area (Å²) < 4.78 is 9.17. The molecule has 1 aliphatic heterocycles. The van der Waals surface area contributed by atoms with Crippen molar-refractivity contribution in [1.82, 2.24) is 9.55 Å². The highest BCUT2D eigenvalue weighted by Gasteiger charge is 2.32. The van der Waals surface area contributed by atoms with Crippen LogP contribution in [0.25, 0.3) is 38.8 Å². The van der Waals surface area contributed by atoms with Crippen LogP contribution in [0.5, 0.6) is 11.5 Å². The van der Waals surface area contributed by atoms with Gasteiger partial charge in [0.05, 0.1) is 17.7 Å². The number of rotatable bonds is 6. The monoisotopic (exact) mass is 724 g/mol. The summed E-state index contributed by atoms with van der Waals surface area (Å²) in [6.45, 7) is 21.1. The van der Waals surface area contributed by atoms with E-state index < -0.39 is 0 Å². The van der Waals surface area contributed by atoms with Crippen molar-refractivity contribution in [3.05, 3.63) is 157 Å². The molecular formula is C50H52N4O. The average molecular weight is 725 g/mol. The van der Waals surface area contributed by atoms with Crippen LogP contribution in [0.2, 0.25) is 0 Å². The quantitative estimate of drug-likeness (QED) is 0.171. The van der Waals surface area contributed by atoms with Gasteiger partial charge >= 0.3 is 0 Å². The van der Waals surface area contributed by atoms with Crippen molar-refractivity contribution in [3.8, 4) is 28.4 Å². The fourth-order valence-corrected chi connectivity index (χ4v) is 7.61. The number of allylic oxidation sites excluding steroid dienone is 1. The Labute approximate surface area is 326 Å². The van der Waals surface area contributed by atoms with Crippen molar-refractivity contribution in [3.63, 3.8) is 0 Å². The number of anilines is 2. The van der Waals surface area contributed by atoms with Gasteiger partial charge in [0.1, 0.15) is 17.3 Å². The third-order valence-electron chi connectivity index (χ3n) is 10.7. The number of ether oxygens (including phenoxy) is 1. The van der Waals surface area contributed by atoms with Crippen molar-refractivity contribution >= 4 is 33.2 Å². The van der Waals surface area contributed by atoms with E-state index in [2.05, 4.69) is 210 Å². The van der Waals surface area contributed by atoms with Crippen LogP contribution in [0, 0.1) is 5.41 Å². The van der Waals surface area contributed by atoms with Crippen LogP contribution < -0.4 is 14.5 Å². The van der Waals surface area contributed by atoms with E-state index in [1.807, 2.05) is 6.20 Å². The van der Waals surface area contributed by atoms with Gasteiger partial charge in [0.2, 0.25) is 0 Å². The van der Waals surface area contributed by atoms with E-state index in [9.17, 15) is 0 Å². The standard InChI is InChI=1S/C50H52N4O/c1-48(2,3)36-19-21-38(22-20-36)52-32-46(50(7,8)9)53(33-52)39-27-35(34-15-11-10-12-16-34)28-41(30-39)55-40-23-24-43-42-17-13-14-18-44(42)54(45(43)31-40)47-29-37(25-26-51-47)49(4,5)6/h10-32H,33H2,1-9H3. The first-order valence-electron chi connectivity index (χ1n) is 19.4. The highest BCUT2D eigenvalue weighted by molar-refractivity contribution is 6.09. The third-order valence-corrected chi connectivity index (χ3v) is 10.7. The summed E-state index contributed by atoms with van der Waals surface area (Å²) in [5, 5.41) is 2.35. The van der Waals surface area contributed by atoms with Crippen LogP contribution in [-0.4, -0.2) is 16.2 Å². The number of fused-ring (bicyclic) bond motifs is 3. The van der Waals surface area contributed by atoms with Gasteiger partial charge in [-0.3, -0.25) is 4.57 Å². The molecule has 0 fully saturated rings. The first-order chi connectivity index (χ1) is 26.1. The van der Waals surface area contributed by atoms with Gasteiger partial charge in [-0.2, -0.15) is 0 Å². The molecule has 8 rings (SSSR count). The highest BCUT2D eigenvalue weighted by Crippen LogP contribution is 2.42. The van der Waals surface area contributed by atoms with Crippen LogP contribution in [0.4, 0.5) is 11.4 Å². The summed E-state index contributed by atoms with van der Waals surface area (Å²) in [7, 11) is 0. The van der Waals surface area contributed by atoms with Gasteiger partial charge in [-0.05, 0) is 87.7 Å². The van der Waals surface area contributed by atoms with E-state index in [1.165, 1.54) is 27.9 Å². The number of benzene rings is 5. The maximum Gasteiger partial charge on any atom is 0.137 e. The second-order valence-electron chi connectivity index (χ2n) is 18.0. The Morgan fingerprint density at radius 3 is 1.93 bits per heavy atom. The second-order valence-corrected chi connectivity index (χ2v) is 18.0. The predicted molar refractivity (Wildman–Crippen MR) is 232 cm³/mol. The molecule has 0 atom stereocenters. The van der Waals surface area contributed by atoms with E-state index in [1.54, 1.807) is 0 Å². The maximum absolute atomic E-state index is 6.90. The number of para-hydroxylation sites is 1. The predicted octanol–water partition coefficient (Wildman–Crippen LogP) is 13.4. The van der Waals surface area contributed by atoms with Crippen molar-refractivity contribution in [2.45, 2.75) is 73.1 Å². The normalized spacial score (nSPS) is 13.9. The molecule has 1 aliphatic rings. The molecule has 55 heavy (non-hydrogen) atoms. The summed E-state index contributed by atoms with van der Waals surface area (Å²) in [5.74, 6) is 2.46. The number of hydrogen-bond donors (Lipinski definition) is 0. The fourth-order valence-electron chi connectivity index (χ4n) is 7.61. The van der Waals surface area contributed by atoms with Crippen LogP contribution in [0.3, 0.4) is 0 Å². The molecule has 5 heteroatoms. The molecule has 0 amide bonds. The third kappa shape index (κ3) is 7.12. The zero-order valence-electron chi connectivity index (χ0n) is 33.7. The summed E-state index contributed by atoms with van der Waals surface area (Å²) in [6.07, 6.45) is 4.24. The van der Waals surface area contributed by atoms with Crippen LogP contribution in [0.1, 0.15) is 73.4 Å². The lowest BCUT2D eigenvalue weighted by Gasteiger charge is -2.31. The van der Waals surface area contributed by atoms with Gasteiger partial charge in [-0.1, -0.05) is 123 Å². The molecule has 3 heterocycles. The van der Waals surface area contributed by atoms with Gasteiger partial charge in [0.15, 0.2) is 0 Å². The molecule has 5 aromatic carbocycles. The number of nitrogens with zero attached hydrogens (tertiary/aromatic N) is 4. The Kier molecular flexibility index (Phi) is 8.87. The smallest absolute Gasteiger partial charge is 0.137 e. The van der Waals surface area contributed by atoms with Crippen molar-refractivity contribution in [2.75, 3.05) is 16.5 Å². The molecule has 0 aliphatic carbocycles. The topological polar surface area (TPSA) is 33.5 Å². The molecule has 0 bridgehead atoms. The number of aromatic nitrogens is 2. The lowest BCUT2D eigenvalue weighted by molar-refractivity contribution is 0.481. The number of pyridine rings is 1. The van der Waals surface area contributed by atoms with E-state index in [0.29, 0.717) is 6.67 Å². The van der Waals surface area contributed by atoms with Crippen LogP contribution in [0.15, 0.2) is 145 Å². The first kappa shape index (κ1) is 36.2. The van der Waals surface area contributed by atoms with Gasteiger partial charge in [-0.15, -0.1) is 0 Å². The molecule has 0 saturated heterocycles. The maximum atomic E-state index is 6.90. The van der Waals surface area contributed by atoms with E-state index in [0.717, 1.165) is 50.6 Å². The molecule has 0 spiro atoms. The van der Waals surface area contributed by atoms with Crippen molar-refractivity contribution < 1.29 is 4.74 Å². The molecule has 0 radical (unpaired) electrons. The molecule has 0 N–H and O–H groups in total. The van der Waals surface area contributed by atoms with Crippen molar-refractivity contribution in [2.24, 2.45) is 5.41 Å². The van der Waals surface area contributed by atoms with Crippen LogP contribution >= 0.6 is 0 Å². The van der Waals surface area contributed by atoms with E-state index in [-0.39, 0.29) is 16.2 Å². The highest BCUT2D eigenvalue weighted by atomic mass is 16.5.